The highest BCUT2D eigenvalue weighted by Crippen LogP contribution is 2.38. The fraction of sp³-hybridized carbons (Fsp3) is 0.100. The van der Waals surface area contributed by atoms with Gasteiger partial charge in [-0.25, -0.2) is 0 Å². The summed E-state index contributed by atoms with van der Waals surface area (Å²) in [5, 5.41) is 24.4. The van der Waals surface area contributed by atoms with Crippen LogP contribution in [0.4, 0.5) is 13.2 Å². The quantitative estimate of drug-likeness (QED) is 0.195. The lowest BCUT2D eigenvalue weighted by Crippen LogP contribution is -2.30. The number of alkyl halides is 3. The number of ether oxygens (including phenoxy) is 1. The van der Waals surface area contributed by atoms with Crippen LogP contribution in [0, 0.1) is 0 Å². The van der Waals surface area contributed by atoms with Gasteiger partial charge in [0.1, 0.15) is 5.75 Å². The number of nitrogens with zero attached hydrogens (tertiary/aromatic N) is 1. The first-order valence-corrected chi connectivity index (χ1v) is 12.1. The summed E-state index contributed by atoms with van der Waals surface area (Å²) in [6, 6.07) is 37.1. The van der Waals surface area contributed by atoms with E-state index in [9.17, 15) is 13.2 Å². The number of nitrogens with one attached hydrogen (secondary N) is 1. The molecule has 5 nitrogen and oxygen atoms in total. The Morgan fingerprint density at radius 1 is 0.692 bits per heavy atom. The highest BCUT2D eigenvalue weighted by Gasteiger charge is 2.31. The molecular weight excluding hydrogens is 504 g/mol. The summed E-state index contributed by atoms with van der Waals surface area (Å²) in [4.78, 5) is 0. The zero-order valence-electron chi connectivity index (χ0n) is 21.0. The first-order valence-electron chi connectivity index (χ1n) is 12.1. The number of aromatic nitrogens is 2. The maximum absolute atomic E-state index is 12.0. The van der Waals surface area contributed by atoms with E-state index in [1.807, 2.05) is 0 Å². The van der Waals surface area contributed by atoms with Crippen molar-refractivity contribution in [3.63, 3.8) is 0 Å². The van der Waals surface area contributed by atoms with Crippen molar-refractivity contribution in [1.29, 1.82) is 0 Å². The van der Waals surface area contributed by atoms with Crippen molar-refractivity contribution >= 4 is 12.6 Å². The van der Waals surface area contributed by atoms with Gasteiger partial charge in [0, 0.05) is 17.1 Å². The van der Waals surface area contributed by atoms with Gasteiger partial charge in [0.2, 0.25) is 0 Å². The Balaban J connectivity index is 0.000000181. The van der Waals surface area contributed by atoms with E-state index in [0.717, 1.165) is 12.1 Å². The molecule has 0 bridgehead atoms. The maximum Gasteiger partial charge on any atom is 0.573 e. The van der Waals surface area contributed by atoms with E-state index in [2.05, 4.69) is 113 Å². The maximum atomic E-state index is 12.0. The van der Waals surface area contributed by atoms with Crippen LogP contribution in [0.25, 0.3) is 11.3 Å². The molecule has 4 aromatic carbocycles. The summed E-state index contributed by atoms with van der Waals surface area (Å²) in [6.45, 7) is 2.30. The third-order valence-electron chi connectivity index (χ3n) is 6.38. The summed E-state index contributed by atoms with van der Waals surface area (Å²) in [5.74, 6) is -0.359. The number of halogens is 3. The Labute approximate surface area is 224 Å². The predicted molar refractivity (Wildman–Crippen MR) is 145 cm³/mol. The third kappa shape index (κ3) is 6.76. The molecule has 3 N–H and O–H groups in total. The van der Waals surface area contributed by atoms with E-state index in [4.69, 9.17) is 10.0 Å². The highest BCUT2D eigenvalue weighted by atomic mass is 19.4. The van der Waals surface area contributed by atoms with Gasteiger partial charge in [-0.1, -0.05) is 91.0 Å². The molecule has 5 aromatic rings. The lowest BCUT2D eigenvalue weighted by molar-refractivity contribution is -0.274. The molecule has 0 aliphatic rings. The van der Waals surface area contributed by atoms with E-state index >= 15 is 0 Å². The van der Waals surface area contributed by atoms with Gasteiger partial charge < -0.3 is 14.8 Å². The lowest BCUT2D eigenvalue weighted by atomic mass is 9.71. The summed E-state index contributed by atoms with van der Waals surface area (Å²) >= 11 is 0. The van der Waals surface area contributed by atoms with E-state index in [0.29, 0.717) is 11.3 Å². The number of rotatable bonds is 6. The van der Waals surface area contributed by atoms with E-state index in [1.165, 1.54) is 35.0 Å². The largest absolute Gasteiger partial charge is 0.573 e. The highest BCUT2D eigenvalue weighted by molar-refractivity contribution is 6.60. The van der Waals surface area contributed by atoms with Crippen LogP contribution in [0.3, 0.4) is 0 Å². The second-order valence-electron chi connectivity index (χ2n) is 8.87. The second kappa shape index (κ2) is 12.0. The number of hydrogen-bond acceptors (Lipinski definition) is 4. The first kappa shape index (κ1) is 27.7. The van der Waals surface area contributed by atoms with E-state index in [-0.39, 0.29) is 16.6 Å². The van der Waals surface area contributed by atoms with E-state index in [1.54, 1.807) is 0 Å². The summed E-state index contributed by atoms with van der Waals surface area (Å²) in [7, 11) is -1.72. The molecule has 0 aliphatic carbocycles. The van der Waals surface area contributed by atoms with Gasteiger partial charge in [-0.05, 0) is 53.4 Å². The molecule has 1 heterocycles. The van der Waals surface area contributed by atoms with Crippen LogP contribution < -0.4 is 10.2 Å². The zero-order chi connectivity index (χ0) is 27.9. The average Bonchev–Trinajstić information content (AvgIpc) is 3.45. The average molecular weight is 530 g/mol. The van der Waals surface area contributed by atoms with Crippen LogP contribution >= 0.6 is 0 Å². The predicted octanol–water partition coefficient (Wildman–Crippen LogP) is 5.70. The zero-order valence-corrected chi connectivity index (χ0v) is 21.0. The van der Waals surface area contributed by atoms with Gasteiger partial charge >= 0.3 is 13.5 Å². The summed E-state index contributed by atoms with van der Waals surface area (Å²) < 4.78 is 39.7. The molecule has 0 spiro atoms. The molecule has 0 atom stereocenters. The summed E-state index contributed by atoms with van der Waals surface area (Å²) in [5.41, 5.74) is 4.73. The molecule has 198 valence electrons. The van der Waals surface area contributed by atoms with Gasteiger partial charge in [0.25, 0.3) is 0 Å². The van der Waals surface area contributed by atoms with Crippen molar-refractivity contribution in [3.05, 3.63) is 138 Å². The Kier molecular flexibility index (Phi) is 8.54. The monoisotopic (exact) mass is 530 g/mol. The smallest absolute Gasteiger partial charge is 0.423 e. The van der Waals surface area contributed by atoms with Crippen LogP contribution in [0.2, 0.25) is 0 Å². The van der Waals surface area contributed by atoms with Crippen LogP contribution in [0.15, 0.2) is 121 Å². The Bertz CT molecular complexity index is 1350. The molecule has 1 aromatic heterocycles. The second-order valence-corrected chi connectivity index (χ2v) is 8.87. The molecule has 5 rings (SSSR count). The van der Waals surface area contributed by atoms with Crippen LogP contribution in [-0.2, 0) is 5.41 Å². The van der Waals surface area contributed by atoms with Crippen molar-refractivity contribution in [2.24, 2.45) is 0 Å². The number of benzene rings is 4. The van der Waals surface area contributed by atoms with Crippen LogP contribution in [-0.4, -0.2) is 33.7 Å². The summed E-state index contributed by atoms with van der Waals surface area (Å²) in [6.07, 6.45) is -3.53. The number of H-pyrrole nitrogens is 1. The lowest BCUT2D eigenvalue weighted by Gasteiger charge is -2.31. The van der Waals surface area contributed by atoms with Gasteiger partial charge in [-0.3, -0.25) is 5.10 Å². The van der Waals surface area contributed by atoms with Crippen molar-refractivity contribution < 1.29 is 28.0 Å². The molecule has 0 saturated heterocycles. The van der Waals surface area contributed by atoms with Crippen LogP contribution in [0.1, 0.15) is 23.6 Å². The minimum absolute atomic E-state index is 0.121. The number of aromatic amines is 1. The van der Waals surface area contributed by atoms with Crippen molar-refractivity contribution in [2.75, 3.05) is 0 Å². The van der Waals surface area contributed by atoms with Gasteiger partial charge in [-0.2, -0.15) is 5.10 Å². The molecule has 0 aliphatic heterocycles. The molecule has 0 fully saturated rings. The van der Waals surface area contributed by atoms with Crippen molar-refractivity contribution in [1.82, 2.24) is 10.2 Å². The molecule has 9 heteroatoms. The fourth-order valence-corrected chi connectivity index (χ4v) is 4.36. The molecule has 0 saturated carbocycles. The van der Waals surface area contributed by atoms with Crippen LogP contribution in [0.5, 0.6) is 5.75 Å². The van der Waals surface area contributed by atoms with Crippen molar-refractivity contribution in [3.8, 4) is 17.0 Å². The van der Waals surface area contributed by atoms with Crippen molar-refractivity contribution in [2.45, 2.75) is 18.7 Å². The molecule has 0 radical (unpaired) electrons. The topological polar surface area (TPSA) is 78.4 Å². The Morgan fingerprint density at radius 2 is 1.13 bits per heavy atom. The minimum Gasteiger partial charge on any atom is -0.423 e. The number of hydrogen-bond donors (Lipinski definition) is 3. The standard InChI is InChI=1S/C20H18.C10H8BF3N2O3/c1-20(17-11-5-2-6-12-17,18-13-7-3-8-14-18)19-15-9-4-10-16-19;12-10(13,14)19-7-3-1-6(2-4-7)9-8(11(17)18)5-15-16-9/h2-16H,1H3;1-5,17-18H,(H,15,16). The first-order chi connectivity index (χ1) is 18.7. The fourth-order valence-electron chi connectivity index (χ4n) is 4.36. The normalized spacial score (nSPS) is 11.3. The molecule has 39 heavy (non-hydrogen) atoms. The van der Waals surface area contributed by atoms with Gasteiger partial charge in [0.05, 0.1) is 5.69 Å². The minimum atomic E-state index is -4.75. The van der Waals surface area contributed by atoms with Gasteiger partial charge in [0.15, 0.2) is 0 Å². The third-order valence-corrected chi connectivity index (χ3v) is 6.38. The molecule has 0 amide bonds. The van der Waals surface area contributed by atoms with Gasteiger partial charge in [-0.15, -0.1) is 13.2 Å². The van der Waals surface area contributed by atoms with E-state index < -0.39 is 13.5 Å². The molecule has 0 unspecified atom stereocenters. The molecular formula is C30H26BF3N2O3. The SMILES string of the molecule is CC(c1ccccc1)(c1ccccc1)c1ccccc1.OB(O)c1cn[nH]c1-c1ccc(OC(F)(F)F)cc1. The Hall–Kier alpha value is -4.34. The Morgan fingerprint density at radius 3 is 1.51 bits per heavy atom.